The normalized spacial score (nSPS) is 18.9. The summed E-state index contributed by atoms with van der Waals surface area (Å²) in [6, 6.07) is 12.2. The summed E-state index contributed by atoms with van der Waals surface area (Å²) in [7, 11) is 0. The average Bonchev–Trinajstić information content (AvgIpc) is 3.24. The maximum atomic E-state index is 13.7. The average molecular weight is 483 g/mol. The molecule has 1 N–H and O–H groups in total. The molecule has 2 fully saturated rings. The van der Waals surface area contributed by atoms with Crippen LogP contribution in [-0.4, -0.2) is 68.0 Å². The number of carboxylic acid groups (broad SMARTS) is 1. The minimum absolute atomic E-state index is 0. The second-order valence-corrected chi connectivity index (χ2v) is 8.79. The predicted molar refractivity (Wildman–Crippen MR) is 125 cm³/mol. The molecule has 0 spiro atoms. The number of morpholine rings is 1. The molecule has 2 saturated heterocycles. The predicted octanol–water partition coefficient (Wildman–Crippen LogP) is 4.16. The monoisotopic (exact) mass is 482 g/mol. The molecule has 2 heterocycles. The number of halogens is 2. The van der Waals surface area contributed by atoms with Gasteiger partial charge in [-0.2, -0.15) is 0 Å². The van der Waals surface area contributed by atoms with Crippen molar-refractivity contribution in [1.82, 2.24) is 4.90 Å². The molecule has 0 unspecified atom stereocenters. The van der Waals surface area contributed by atoms with E-state index in [-0.39, 0.29) is 18.2 Å². The van der Waals surface area contributed by atoms with Gasteiger partial charge in [0.05, 0.1) is 18.1 Å². The fraction of sp³-hybridized carbons (Fsp3) is 0.435. The number of nitrogens with zero attached hydrogens (tertiary/aromatic N) is 2. The molecular formula is C23H28ClFN2O4S. The van der Waals surface area contributed by atoms with Crippen molar-refractivity contribution in [2.45, 2.75) is 28.7 Å². The van der Waals surface area contributed by atoms with Gasteiger partial charge >= 0.3 is 5.97 Å². The first-order chi connectivity index (χ1) is 15.1. The Morgan fingerprint density at radius 3 is 2.75 bits per heavy atom. The van der Waals surface area contributed by atoms with Crippen LogP contribution in [0.3, 0.4) is 0 Å². The molecule has 6 nitrogen and oxygen atoms in total. The van der Waals surface area contributed by atoms with Crippen molar-refractivity contribution in [3.05, 3.63) is 48.3 Å². The van der Waals surface area contributed by atoms with Crippen LogP contribution in [0.2, 0.25) is 0 Å². The van der Waals surface area contributed by atoms with E-state index in [2.05, 4.69) is 11.0 Å². The van der Waals surface area contributed by atoms with Crippen molar-refractivity contribution >= 4 is 35.8 Å². The van der Waals surface area contributed by atoms with Crippen LogP contribution >= 0.6 is 24.2 Å². The van der Waals surface area contributed by atoms with E-state index in [9.17, 15) is 14.3 Å². The lowest BCUT2D eigenvalue weighted by molar-refractivity contribution is -0.142. The third kappa shape index (κ3) is 6.28. The molecule has 0 aromatic heterocycles. The van der Waals surface area contributed by atoms with Crippen LogP contribution in [0.25, 0.3) is 0 Å². The van der Waals surface area contributed by atoms with Crippen LogP contribution in [0.15, 0.2) is 52.3 Å². The fourth-order valence-electron chi connectivity index (χ4n) is 4.02. The van der Waals surface area contributed by atoms with Gasteiger partial charge in [0.25, 0.3) is 0 Å². The lowest BCUT2D eigenvalue weighted by atomic mass is 10.2. The molecule has 2 aromatic rings. The number of ether oxygens (including phenoxy) is 2. The maximum Gasteiger partial charge on any atom is 0.320 e. The topological polar surface area (TPSA) is 62.2 Å². The van der Waals surface area contributed by atoms with Gasteiger partial charge in [-0.25, -0.2) is 4.39 Å². The number of hydrogen-bond acceptors (Lipinski definition) is 6. The van der Waals surface area contributed by atoms with Gasteiger partial charge in [0.1, 0.15) is 24.2 Å². The van der Waals surface area contributed by atoms with Crippen LogP contribution in [0.1, 0.15) is 12.8 Å². The van der Waals surface area contributed by atoms with Gasteiger partial charge in [-0.15, -0.1) is 12.4 Å². The van der Waals surface area contributed by atoms with Crippen molar-refractivity contribution in [3.8, 4) is 5.75 Å². The van der Waals surface area contributed by atoms with Gasteiger partial charge in [-0.3, -0.25) is 9.69 Å². The number of carboxylic acids is 1. The summed E-state index contributed by atoms with van der Waals surface area (Å²) in [5.41, 5.74) is 1.08. The van der Waals surface area contributed by atoms with Crippen molar-refractivity contribution < 1.29 is 23.8 Å². The molecule has 2 aliphatic rings. The molecule has 9 heteroatoms. The Labute approximate surface area is 198 Å². The van der Waals surface area contributed by atoms with E-state index < -0.39 is 12.0 Å². The van der Waals surface area contributed by atoms with Crippen molar-refractivity contribution in [2.24, 2.45) is 0 Å². The van der Waals surface area contributed by atoms with Crippen LogP contribution in [0.5, 0.6) is 5.75 Å². The molecule has 0 amide bonds. The van der Waals surface area contributed by atoms with E-state index in [1.807, 2.05) is 23.1 Å². The molecule has 0 aliphatic carbocycles. The summed E-state index contributed by atoms with van der Waals surface area (Å²) in [6.45, 7) is 4.80. The Balaban J connectivity index is 0.00000289. The van der Waals surface area contributed by atoms with Crippen LogP contribution in [0, 0.1) is 5.82 Å². The van der Waals surface area contributed by atoms with E-state index in [0.717, 1.165) is 47.3 Å². The number of aliphatic carboxylic acids is 1. The highest BCUT2D eigenvalue weighted by atomic mass is 35.5. The number of anilines is 1. The first-order valence-corrected chi connectivity index (χ1v) is 11.4. The van der Waals surface area contributed by atoms with Gasteiger partial charge in [0, 0.05) is 30.2 Å². The SMILES string of the molecule is Cl.O=C(O)[C@@H]1CCCN1CCOc1ccc(N2CCOCC2)cc1Sc1cccc(F)c1. The highest BCUT2D eigenvalue weighted by Crippen LogP contribution is 2.38. The summed E-state index contributed by atoms with van der Waals surface area (Å²) < 4.78 is 25.2. The van der Waals surface area contributed by atoms with Gasteiger partial charge in [-0.05, 0) is 55.8 Å². The Bertz CT molecular complexity index is 913. The zero-order chi connectivity index (χ0) is 21.6. The van der Waals surface area contributed by atoms with Gasteiger partial charge in [0.15, 0.2) is 0 Å². The molecule has 1 atom stereocenters. The van der Waals surface area contributed by atoms with Crippen LogP contribution < -0.4 is 9.64 Å². The summed E-state index contributed by atoms with van der Waals surface area (Å²) in [5, 5.41) is 9.36. The van der Waals surface area contributed by atoms with Gasteiger partial charge in [0.2, 0.25) is 0 Å². The van der Waals surface area contributed by atoms with E-state index in [0.29, 0.717) is 32.8 Å². The summed E-state index contributed by atoms with van der Waals surface area (Å²) in [6.07, 6.45) is 1.58. The molecule has 2 aromatic carbocycles. The molecule has 4 rings (SSSR count). The molecule has 0 radical (unpaired) electrons. The Kier molecular flexibility index (Phi) is 9.04. The van der Waals surface area contributed by atoms with E-state index >= 15 is 0 Å². The lowest BCUT2D eigenvalue weighted by Crippen LogP contribution is -2.38. The smallest absolute Gasteiger partial charge is 0.320 e. The number of benzene rings is 2. The Hall–Kier alpha value is -2.00. The van der Waals surface area contributed by atoms with E-state index in [1.54, 1.807) is 6.07 Å². The number of likely N-dealkylation sites (tertiary alicyclic amines) is 1. The standard InChI is InChI=1S/C23H27FN2O4S.ClH/c24-17-3-1-4-19(15-17)31-22-16-18(25-9-12-29-13-10-25)6-7-21(22)30-14-11-26-8-2-5-20(26)23(27)28;/h1,3-4,6-7,15-16,20H,2,5,8-14H2,(H,27,28);1H/t20-;/m0./s1. The first-order valence-electron chi connectivity index (χ1n) is 10.6. The second-order valence-electron chi connectivity index (χ2n) is 7.67. The van der Waals surface area contributed by atoms with E-state index in [1.165, 1.54) is 23.9 Å². The van der Waals surface area contributed by atoms with Crippen molar-refractivity contribution in [3.63, 3.8) is 0 Å². The van der Waals surface area contributed by atoms with E-state index in [4.69, 9.17) is 9.47 Å². The van der Waals surface area contributed by atoms with Crippen molar-refractivity contribution in [1.29, 1.82) is 0 Å². The molecule has 0 bridgehead atoms. The zero-order valence-corrected chi connectivity index (χ0v) is 19.4. The summed E-state index contributed by atoms with van der Waals surface area (Å²) >= 11 is 1.46. The molecule has 2 aliphatic heterocycles. The molecule has 0 saturated carbocycles. The Morgan fingerprint density at radius 1 is 1.19 bits per heavy atom. The van der Waals surface area contributed by atoms with Crippen LogP contribution in [-0.2, 0) is 9.53 Å². The molecular weight excluding hydrogens is 455 g/mol. The van der Waals surface area contributed by atoms with Crippen molar-refractivity contribution in [2.75, 3.05) is 50.9 Å². The zero-order valence-electron chi connectivity index (χ0n) is 17.7. The Morgan fingerprint density at radius 2 is 2.00 bits per heavy atom. The van der Waals surface area contributed by atoms with Gasteiger partial charge < -0.3 is 19.5 Å². The highest BCUT2D eigenvalue weighted by Gasteiger charge is 2.30. The highest BCUT2D eigenvalue weighted by molar-refractivity contribution is 7.99. The summed E-state index contributed by atoms with van der Waals surface area (Å²) in [4.78, 5) is 17.3. The quantitative estimate of drug-likeness (QED) is 0.606. The van der Waals surface area contributed by atoms with Crippen LogP contribution in [0.4, 0.5) is 10.1 Å². The third-order valence-electron chi connectivity index (χ3n) is 5.61. The fourth-order valence-corrected chi connectivity index (χ4v) is 5.00. The summed E-state index contributed by atoms with van der Waals surface area (Å²) in [5.74, 6) is -0.322. The molecule has 32 heavy (non-hydrogen) atoms. The minimum Gasteiger partial charge on any atom is -0.491 e. The first kappa shape index (κ1) is 24.6. The minimum atomic E-state index is -0.769. The number of carbonyl (C=O) groups is 1. The molecule has 174 valence electrons. The maximum absolute atomic E-state index is 13.7. The second kappa shape index (κ2) is 11.7. The lowest BCUT2D eigenvalue weighted by Gasteiger charge is -2.29. The number of rotatable bonds is 8. The van der Waals surface area contributed by atoms with Gasteiger partial charge in [-0.1, -0.05) is 17.8 Å². The largest absolute Gasteiger partial charge is 0.491 e. The number of hydrogen-bond donors (Lipinski definition) is 1. The third-order valence-corrected chi connectivity index (χ3v) is 6.64.